The number of benzene rings is 1. The molecule has 1 saturated heterocycles. The zero-order valence-electron chi connectivity index (χ0n) is 9.47. The van der Waals surface area contributed by atoms with Crippen LogP contribution in [-0.4, -0.2) is 18.1 Å². The molecule has 0 bridgehead atoms. The molecule has 2 atom stereocenters. The first-order valence-electron chi connectivity index (χ1n) is 5.57. The number of hydrogen-bond donors (Lipinski definition) is 1. The average molecular weight is 322 g/mol. The molecular weight excluding hydrogens is 308 g/mol. The van der Waals surface area contributed by atoms with E-state index in [1.165, 1.54) is 12.1 Å². The molecule has 0 saturated carbocycles. The molecule has 1 aliphatic heterocycles. The maximum Gasteiger partial charge on any atom is 0.145 e. The van der Waals surface area contributed by atoms with E-state index in [2.05, 4.69) is 21.2 Å². The maximum atomic E-state index is 14.0. The van der Waals surface area contributed by atoms with Gasteiger partial charge in [-0.25, -0.2) is 8.78 Å². The molecular formula is C12H14BrF2NS. The largest absolute Gasteiger partial charge is 0.312 e. The van der Waals surface area contributed by atoms with Crippen molar-refractivity contribution in [1.82, 2.24) is 5.32 Å². The average Bonchev–Trinajstić information content (AvgIpc) is 2.83. The summed E-state index contributed by atoms with van der Waals surface area (Å²) in [6, 6.07) is 2.45. The molecule has 0 spiro atoms. The monoisotopic (exact) mass is 321 g/mol. The van der Waals surface area contributed by atoms with Crippen molar-refractivity contribution in [2.45, 2.75) is 24.1 Å². The Morgan fingerprint density at radius 1 is 1.47 bits per heavy atom. The van der Waals surface area contributed by atoms with E-state index in [9.17, 15) is 8.78 Å². The molecule has 2 unspecified atom stereocenters. The van der Waals surface area contributed by atoms with Gasteiger partial charge >= 0.3 is 0 Å². The fourth-order valence-corrected chi connectivity index (χ4v) is 3.99. The van der Waals surface area contributed by atoms with Gasteiger partial charge in [-0.05, 0) is 53.7 Å². The van der Waals surface area contributed by atoms with Gasteiger partial charge in [0.15, 0.2) is 0 Å². The van der Waals surface area contributed by atoms with Gasteiger partial charge in [-0.1, -0.05) is 0 Å². The molecule has 17 heavy (non-hydrogen) atoms. The molecule has 5 heteroatoms. The van der Waals surface area contributed by atoms with E-state index in [1.54, 1.807) is 18.8 Å². The first-order chi connectivity index (χ1) is 8.15. The summed E-state index contributed by atoms with van der Waals surface area (Å²) in [4.78, 5) is 0. The lowest BCUT2D eigenvalue weighted by molar-refractivity contribution is 0.472. The molecule has 1 nitrogen and oxygen atoms in total. The van der Waals surface area contributed by atoms with Crippen LogP contribution in [0.4, 0.5) is 8.78 Å². The Labute approximate surface area is 112 Å². The van der Waals surface area contributed by atoms with Crippen molar-refractivity contribution in [2.24, 2.45) is 0 Å². The zero-order chi connectivity index (χ0) is 12.4. The second kappa shape index (κ2) is 5.67. The van der Waals surface area contributed by atoms with Crippen molar-refractivity contribution in [3.8, 4) is 0 Å². The molecule has 0 aromatic heterocycles. The molecule has 1 fully saturated rings. The lowest BCUT2D eigenvalue weighted by Gasteiger charge is -2.24. The van der Waals surface area contributed by atoms with Crippen molar-refractivity contribution in [1.29, 1.82) is 0 Å². The Hall–Kier alpha value is -0.130. The molecule has 0 aliphatic carbocycles. The minimum absolute atomic E-state index is 0.154. The van der Waals surface area contributed by atoms with Crippen molar-refractivity contribution >= 4 is 27.7 Å². The van der Waals surface area contributed by atoms with Gasteiger partial charge in [-0.2, -0.15) is 11.8 Å². The van der Waals surface area contributed by atoms with E-state index in [1.807, 2.05) is 0 Å². The highest BCUT2D eigenvalue weighted by molar-refractivity contribution is 9.10. The Morgan fingerprint density at radius 2 is 2.24 bits per heavy atom. The molecule has 1 aromatic carbocycles. The smallest absolute Gasteiger partial charge is 0.145 e. The minimum Gasteiger partial charge on any atom is -0.312 e. The quantitative estimate of drug-likeness (QED) is 0.848. The van der Waals surface area contributed by atoms with Crippen LogP contribution >= 0.6 is 27.7 Å². The Kier molecular flexibility index (Phi) is 4.44. The third-order valence-electron chi connectivity index (χ3n) is 3.04. The third kappa shape index (κ3) is 2.66. The van der Waals surface area contributed by atoms with Crippen molar-refractivity contribution < 1.29 is 8.78 Å². The summed E-state index contributed by atoms with van der Waals surface area (Å²) in [5.41, 5.74) is 0.154. The number of thioether (sulfide) groups is 1. The van der Waals surface area contributed by atoms with Crippen molar-refractivity contribution in [2.75, 3.05) is 12.8 Å². The number of hydrogen-bond acceptors (Lipinski definition) is 2. The van der Waals surface area contributed by atoms with Gasteiger partial charge in [0.2, 0.25) is 0 Å². The Balaban J connectivity index is 2.39. The fourth-order valence-electron chi connectivity index (χ4n) is 2.21. The molecule has 94 valence electrons. The van der Waals surface area contributed by atoms with Gasteiger partial charge in [-0.3, -0.25) is 0 Å². The van der Waals surface area contributed by atoms with Crippen LogP contribution in [0, 0.1) is 11.6 Å². The van der Waals surface area contributed by atoms with Gasteiger partial charge in [-0.15, -0.1) is 0 Å². The summed E-state index contributed by atoms with van der Waals surface area (Å²) in [5, 5.41) is 3.30. The third-order valence-corrected chi connectivity index (χ3v) is 5.11. The van der Waals surface area contributed by atoms with Crippen LogP contribution in [0.15, 0.2) is 16.6 Å². The van der Waals surface area contributed by atoms with Gasteiger partial charge in [0.05, 0.1) is 4.47 Å². The molecule has 2 rings (SSSR count). The van der Waals surface area contributed by atoms with Crippen molar-refractivity contribution in [3.63, 3.8) is 0 Å². The first-order valence-corrected chi connectivity index (χ1v) is 7.41. The van der Waals surface area contributed by atoms with Crippen LogP contribution in [-0.2, 0) is 0 Å². The second-order valence-electron chi connectivity index (χ2n) is 4.07. The summed E-state index contributed by atoms with van der Waals surface area (Å²) in [6.07, 6.45) is 2.12. The lowest BCUT2D eigenvalue weighted by Crippen LogP contribution is -2.28. The van der Waals surface area contributed by atoms with Gasteiger partial charge in [0.1, 0.15) is 11.6 Å². The van der Waals surface area contributed by atoms with E-state index in [4.69, 9.17) is 0 Å². The summed E-state index contributed by atoms with van der Waals surface area (Å²) < 4.78 is 28.1. The Bertz CT molecular complexity index is 408. The van der Waals surface area contributed by atoms with E-state index < -0.39 is 11.6 Å². The highest BCUT2D eigenvalue weighted by Gasteiger charge is 2.30. The minimum atomic E-state index is -0.489. The van der Waals surface area contributed by atoms with E-state index >= 15 is 0 Å². The number of nitrogens with one attached hydrogen (secondary N) is 1. The molecule has 1 aromatic rings. The predicted octanol–water partition coefficient (Wildman–Crippen LogP) is 3.88. The predicted molar refractivity (Wildman–Crippen MR) is 71.3 cm³/mol. The van der Waals surface area contributed by atoms with Crippen LogP contribution < -0.4 is 5.32 Å². The summed E-state index contributed by atoms with van der Waals surface area (Å²) in [6.45, 7) is 0. The maximum absolute atomic E-state index is 14.0. The normalized spacial score (nSPS) is 21.8. The molecule has 1 aliphatic rings. The van der Waals surface area contributed by atoms with Gasteiger partial charge < -0.3 is 5.32 Å². The standard InChI is InChI=1S/C12H14BrF2NS/c1-16-12(9-3-2-6-17-9)10-8(14)5-4-7(13)11(10)15/h4-5,9,12,16H,2-3,6H2,1H3. The summed E-state index contributed by atoms with van der Waals surface area (Å²) >= 11 is 4.89. The molecule has 0 radical (unpaired) electrons. The second-order valence-corrected chi connectivity index (χ2v) is 6.28. The van der Waals surface area contributed by atoms with Crippen LogP contribution in [0.3, 0.4) is 0 Å². The summed E-state index contributed by atoms with van der Waals surface area (Å²) in [5.74, 6) is 0.106. The molecule has 0 amide bonds. The lowest BCUT2D eigenvalue weighted by atomic mass is 10.00. The van der Waals surface area contributed by atoms with E-state index in [0.29, 0.717) is 4.47 Å². The van der Waals surface area contributed by atoms with E-state index in [-0.39, 0.29) is 16.9 Å². The first kappa shape index (κ1) is 13.3. The van der Waals surface area contributed by atoms with Crippen LogP contribution in [0.1, 0.15) is 24.4 Å². The van der Waals surface area contributed by atoms with Gasteiger partial charge in [0.25, 0.3) is 0 Å². The van der Waals surface area contributed by atoms with Crippen LogP contribution in [0.25, 0.3) is 0 Å². The fraction of sp³-hybridized carbons (Fsp3) is 0.500. The number of rotatable bonds is 3. The van der Waals surface area contributed by atoms with Crippen LogP contribution in [0.2, 0.25) is 0 Å². The van der Waals surface area contributed by atoms with Gasteiger partial charge in [0, 0.05) is 16.9 Å². The molecule has 1 heterocycles. The van der Waals surface area contributed by atoms with Crippen molar-refractivity contribution in [3.05, 3.63) is 33.8 Å². The SMILES string of the molecule is CNC(c1c(F)ccc(Br)c1F)C1CCCS1. The van der Waals surface area contributed by atoms with E-state index in [0.717, 1.165) is 18.6 Å². The Morgan fingerprint density at radius 3 is 2.82 bits per heavy atom. The molecule has 1 N–H and O–H groups in total. The van der Waals surface area contributed by atoms with Crippen LogP contribution in [0.5, 0.6) is 0 Å². The highest BCUT2D eigenvalue weighted by Crippen LogP contribution is 2.38. The summed E-state index contributed by atoms with van der Waals surface area (Å²) in [7, 11) is 1.75. The number of halogens is 3. The highest BCUT2D eigenvalue weighted by atomic mass is 79.9. The topological polar surface area (TPSA) is 12.0 Å². The zero-order valence-corrected chi connectivity index (χ0v) is 11.9.